The minimum Gasteiger partial charge on any atom is -0.493 e. The van der Waals surface area contributed by atoms with Crippen molar-refractivity contribution in [1.29, 1.82) is 0 Å². The van der Waals surface area contributed by atoms with E-state index in [4.69, 9.17) is 14.8 Å². The number of aryl methyl sites for hydroxylation is 2. The predicted molar refractivity (Wildman–Crippen MR) is 148 cm³/mol. The predicted octanol–water partition coefficient (Wildman–Crippen LogP) is 2.84. The molecule has 3 heterocycles. The highest BCUT2D eigenvalue weighted by atomic mass is 32.2. The largest absolute Gasteiger partial charge is 0.493 e. The van der Waals surface area contributed by atoms with Gasteiger partial charge >= 0.3 is 0 Å². The molecule has 0 unspecified atom stereocenters. The Hall–Kier alpha value is -2.73. The van der Waals surface area contributed by atoms with Gasteiger partial charge in [0.25, 0.3) is 5.56 Å². The molecule has 208 valence electrons. The van der Waals surface area contributed by atoms with Gasteiger partial charge in [-0.05, 0) is 49.9 Å². The minimum absolute atomic E-state index is 0.124. The summed E-state index contributed by atoms with van der Waals surface area (Å²) in [5, 5.41) is 9.08. The van der Waals surface area contributed by atoms with E-state index in [-0.39, 0.29) is 17.1 Å². The number of aromatic amines is 1. The number of nitrogens with one attached hydrogen (secondary N) is 1. The van der Waals surface area contributed by atoms with Crippen molar-refractivity contribution in [2.24, 2.45) is 0 Å². The average molecular weight is 546 g/mol. The van der Waals surface area contributed by atoms with Crippen molar-refractivity contribution in [3.05, 3.63) is 40.3 Å². The Morgan fingerprint density at radius 1 is 1.11 bits per heavy atom. The molecule has 10 nitrogen and oxygen atoms in total. The van der Waals surface area contributed by atoms with Crippen molar-refractivity contribution < 1.29 is 18.3 Å². The number of sulfonamides is 1. The van der Waals surface area contributed by atoms with Gasteiger partial charge in [-0.15, -0.1) is 0 Å². The van der Waals surface area contributed by atoms with Crippen LogP contribution in [0.1, 0.15) is 45.6 Å². The summed E-state index contributed by atoms with van der Waals surface area (Å²) in [5.41, 5.74) is 2.35. The number of hydrogen-bond acceptors (Lipinski definition) is 7. The maximum Gasteiger partial charge on any atom is 0.275 e. The van der Waals surface area contributed by atoms with Gasteiger partial charge in [-0.3, -0.25) is 4.79 Å². The lowest BCUT2D eigenvalue weighted by Gasteiger charge is -2.33. The van der Waals surface area contributed by atoms with Gasteiger partial charge in [0.2, 0.25) is 10.0 Å². The van der Waals surface area contributed by atoms with Crippen molar-refractivity contribution in [2.75, 3.05) is 45.9 Å². The summed E-state index contributed by atoms with van der Waals surface area (Å²) in [6.45, 7) is 10.0. The molecule has 11 heteroatoms. The SMILES string of the molecule is CCCOc1ccc(S(=O)(=O)N2CCN(CCCO)CC2)cc1-c1nc2c(CCC)cn(CC)c2c(=O)[nH]1. The lowest BCUT2D eigenvalue weighted by Crippen LogP contribution is -2.48. The van der Waals surface area contributed by atoms with Crippen LogP contribution < -0.4 is 10.3 Å². The highest BCUT2D eigenvalue weighted by Crippen LogP contribution is 2.33. The first-order valence-electron chi connectivity index (χ1n) is 13.6. The molecule has 4 rings (SSSR count). The van der Waals surface area contributed by atoms with Gasteiger partial charge in [0, 0.05) is 52.1 Å². The quantitative estimate of drug-likeness (QED) is 0.359. The summed E-state index contributed by atoms with van der Waals surface area (Å²) in [5.74, 6) is 0.778. The van der Waals surface area contributed by atoms with Crippen molar-refractivity contribution in [2.45, 2.75) is 57.9 Å². The Balaban J connectivity index is 1.75. The van der Waals surface area contributed by atoms with Crippen LogP contribution in [0.15, 0.2) is 34.1 Å². The fourth-order valence-corrected chi connectivity index (χ4v) is 6.38. The molecule has 0 aliphatic carbocycles. The molecular weight excluding hydrogens is 506 g/mol. The molecule has 0 bridgehead atoms. The normalized spacial score (nSPS) is 15.4. The Morgan fingerprint density at radius 2 is 1.87 bits per heavy atom. The van der Waals surface area contributed by atoms with E-state index in [9.17, 15) is 13.2 Å². The number of H-pyrrole nitrogens is 1. The molecule has 1 aromatic carbocycles. The second kappa shape index (κ2) is 12.4. The molecule has 0 spiro atoms. The summed E-state index contributed by atoms with van der Waals surface area (Å²) in [4.78, 5) is 23.3. The van der Waals surface area contributed by atoms with Crippen LogP contribution in [0.3, 0.4) is 0 Å². The smallest absolute Gasteiger partial charge is 0.275 e. The number of benzene rings is 1. The highest BCUT2D eigenvalue weighted by Gasteiger charge is 2.29. The van der Waals surface area contributed by atoms with Crippen molar-refractivity contribution in [3.63, 3.8) is 0 Å². The fraction of sp³-hybridized carbons (Fsp3) is 0.556. The molecule has 1 saturated heterocycles. The van der Waals surface area contributed by atoms with Gasteiger partial charge in [-0.1, -0.05) is 20.3 Å². The van der Waals surface area contributed by atoms with Crippen molar-refractivity contribution in [3.8, 4) is 17.1 Å². The summed E-state index contributed by atoms with van der Waals surface area (Å²) >= 11 is 0. The monoisotopic (exact) mass is 545 g/mol. The van der Waals surface area contributed by atoms with Crippen LogP contribution in [0.5, 0.6) is 5.75 Å². The topological polar surface area (TPSA) is 121 Å². The Kier molecular flexibility index (Phi) is 9.24. The first-order valence-corrected chi connectivity index (χ1v) is 15.0. The highest BCUT2D eigenvalue weighted by molar-refractivity contribution is 7.89. The Labute approximate surface area is 224 Å². The van der Waals surface area contributed by atoms with Gasteiger partial charge in [-0.2, -0.15) is 4.31 Å². The van der Waals surface area contributed by atoms with Crippen LogP contribution in [0.4, 0.5) is 0 Å². The molecule has 3 aromatic rings. The molecule has 0 radical (unpaired) electrons. The van der Waals surface area contributed by atoms with E-state index >= 15 is 0 Å². The zero-order chi connectivity index (χ0) is 27.3. The Morgan fingerprint density at radius 3 is 2.53 bits per heavy atom. The van der Waals surface area contributed by atoms with Gasteiger partial charge in [0.05, 0.1) is 22.6 Å². The number of aromatic nitrogens is 3. The number of ether oxygens (including phenoxy) is 1. The van der Waals surface area contributed by atoms with Crippen LogP contribution in [0.25, 0.3) is 22.4 Å². The number of aliphatic hydroxyl groups excluding tert-OH is 1. The van der Waals surface area contributed by atoms with Crippen molar-refractivity contribution >= 4 is 21.1 Å². The molecule has 2 N–H and O–H groups in total. The van der Waals surface area contributed by atoms with E-state index in [0.717, 1.165) is 31.4 Å². The third kappa shape index (κ3) is 5.80. The van der Waals surface area contributed by atoms with E-state index in [1.807, 2.05) is 24.6 Å². The van der Waals surface area contributed by atoms with E-state index in [2.05, 4.69) is 16.8 Å². The molecule has 1 aliphatic rings. The third-order valence-electron chi connectivity index (χ3n) is 6.93. The lowest BCUT2D eigenvalue weighted by atomic mass is 10.1. The van der Waals surface area contributed by atoms with Crippen LogP contribution in [0, 0.1) is 0 Å². The molecule has 1 fully saturated rings. The number of hydrogen-bond donors (Lipinski definition) is 2. The zero-order valence-corrected chi connectivity index (χ0v) is 23.4. The first kappa shape index (κ1) is 28.3. The molecule has 0 atom stereocenters. The van der Waals surface area contributed by atoms with Crippen LogP contribution in [0.2, 0.25) is 0 Å². The number of piperazine rings is 1. The number of nitrogens with zero attached hydrogens (tertiary/aromatic N) is 4. The van der Waals surface area contributed by atoms with Crippen molar-refractivity contribution in [1.82, 2.24) is 23.7 Å². The van der Waals surface area contributed by atoms with Crippen LogP contribution in [-0.4, -0.2) is 83.2 Å². The van der Waals surface area contributed by atoms with E-state index in [1.165, 1.54) is 4.31 Å². The number of aliphatic hydroxyl groups is 1. The standard InChI is InChI=1S/C27H39N5O5S/c1-4-8-20-19-31(6-3)25-24(20)28-26(29-27(25)34)22-18-21(9-10-23(22)37-17-5-2)38(35,36)32-14-12-30(13-15-32)11-7-16-33/h9-10,18-19,33H,4-8,11-17H2,1-3H3,(H,28,29,34). The minimum atomic E-state index is -3.77. The molecule has 1 aliphatic heterocycles. The summed E-state index contributed by atoms with van der Waals surface area (Å²) in [6, 6.07) is 4.79. The molecular formula is C27H39N5O5S. The van der Waals surface area contributed by atoms with Gasteiger partial charge in [0.1, 0.15) is 17.1 Å². The van der Waals surface area contributed by atoms with Gasteiger partial charge in [-0.25, -0.2) is 13.4 Å². The van der Waals surface area contributed by atoms with E-state index in [1.54, 1.807) is 18.2 Å². The van der Waals surface area contributed by atoms with E-state index in [0.29, 0.717) is 73.9 Å². The maximum absolute atomic E-state index is 13.6. The van der Waals surface area contributed by atoms with Gasteiger partial charge < -0.3 is 24.3 Å². The number of fused-ring (bicyclic) bond motifs is 1. The summed E-state index contributed by atoms with van der Waals surface area (Å²) < 4.78 is 36.6. The second-order valence-electron chi connectivity index (χ2n) is 9.63. The second-order valence-corrected chi connectivity index (χ2v) is 11.6. The summed E-state index contributed by atoms with van der Waals surface area (Å²) in [7, 11) is -3.77. The molecule has 38 heavy (non-hydrogen) atoms. The van der Waals surface area contributed by atoms with Gasteiger partial charge in [0.15, 0.2) is 0 Å². The number of rotatable bonds is 12. The third-order valence-corrected chi connectivity index (χ3v) is 8.82. The zero-order valence-electron chi connectivity index (χ0n) is 22.6. The Bertz CT molecular complexity index is 1410. The fourth-order valence-electron chi connectivity index (χ4n) is 4.93. The average Bonchev–Trinajstić information content (AvgIpc) is 3.29. The maximum atomic E-state index is 13.6. The van der Waals surface area contributed by atoms with Crippen LogP contribution >= 0.6 is 0 Å². The van der Waals surface area contributed by atoms with Crippen LogP contribution in [-0.2, 0) is 23.0 Å². The molecule has 2 aromatic heterocycles. The lowest BCUT2D eigenvalue weighted by molar-refractivity contribution is 0.171. The van der Waals surface area contributed by atoms with E-state index < -0.39 is 10.0 Å². The summed E-state index contributed by atoms with van der Waals surface area (Å²) in [6.07, 6.45) is 5.14. The molecule has 0 amide bonds. The first-order chi connectivity index (χ1) is 18.3. The molecule has 0 saturated carbocycles.